The molecule has 1 aliphatic rings. The number of rotatable bonds is 6. The van der Waals surface area contributed by atoms with E-state index >= 15 is 0 Å². The number of nitrogens with one attached hydrogen (secondary N) is 2. The standard InChI is InChI=1S/C21H24FN5.HI/c1-23-20(24-11-8-18-14-27-12-3-2-7-19(27)26-18)25-15-21(9-10-21)16-5-4-6-17(22)13-16;/h2-7,12-14H,8-11,15H2,1H3,(H2,23,24,25);1H. The normalized spacial score (nSPS) is 15.1. The lowest BCUT2D eigenvalue weighted by molar-refractivity contribution is 0.607. The van der Waals surface area contributed by atoms with Crippen molar-refractivity contribution in [3.05, 3.63) is 71.9 Å². The van der Waals surface area contributed by atoms with E-state index < -0.39 is 0 Å². The van der Waals surface area contributed by atoms with Crippen LogP contribution in [0.4, 0.5) is 4.39 Å². The van der Waals surface area contributed by atoms with Gasteiger partial charge in [-0.25, -0.2) is 9.37 Å². The molecule has 1 saturated carbocycles. The molecule has 0 amide bonds. The molecule has 3 aromatic rings. The topological polar surface area (TPSA) is 53.7 Å². The van der Waals surface area contributed by atoms with Gasteiger partial charge in [0.05, 0.1) is 5.69 Å². The van der Waals surface area contributed by atoms with Gasteiger partial charge in [-0.05, 0) is 42.7 Å². The minimum atomic E-state index is -0.172. The summed E-state index contributed by atoms with van der Waals surface area (Å²) in [5.41, 5.74) is 3.10. The molecule has 2 heterocycles. The number of hydrogen-bond donors (Lipinski definition) is 2. The van der Waals surface area contributed by atoms with Crippen molar-refractivity contribution in [1.82, 2.24) is 20.0 Å². The third-order valence-electron chi connectivity index (χ3n) is 5.20. The van der Waals surface area contributed by atoms with E-state index in [2.05, 4.69) is 26.8 Å². The molecule has 4 rings (SSSR count). The van der Waals surface area contributed by atoms with Gasteiger partial charge in [0.2, 0.25) is 0 Å². The van der Waals surface area contributed by atoms with E-state index in [1.807, 2.05) is 34.9 Å². The molecule has 0 radical (unpaired) electrons. The second kappa shape index (κ2) is 8.89. The Morgan fingerprint density at radius 1 is 1.21 bits per heavy atom. The van der Waals surface area contributed by atoms with Crippen molar-refractivity contribution in [3.63, 3.8) is 0 Å². The van der Waals surface area contributed by atoms with Crippen LogP contribution in [0.2, 0.25) is 0 Å². The lowest BCUT2D eigenvalue weighted by Crippen LogP contribution is -2.42. The number of fused-ring (bicyclic) bond motifs is 1. The Kier molecular flexibility index (Phi) is 6.53. The van der Waals surface area contributed by atoms with Crippen molar-refractivity contribution in [2.75, 3.05) is 20.1 Å². The molecule has 148 valence electrons. The summed E-state index contributed by atoms with van der Waals surface area (Å²) in [5.74, 6) is 0.593. The second-order valence-corrected chi connectivity index (χ2v) is 7.09. The Bertz CT molecular complexity index is 931. The van der Waals surface area contributed by atoms with E-state index in [0.29, 0.717) is 0 Å². The molecule has 0 atom stereocenters. The largest absolute Gasteiger partial charge is 0.356 e. The van der Waals surface area contributed by atoms with Crippen LogP contribution >= 0.6 is 24.0 Å². The first-order valence-corrected chi connectivity index (χ1v) is 9.32. The summed E-state index contributed by atoms with van der Waals surface area (Å²) >= 11 is 0. The van der Waals surface area contributed by atoms with E-state index in [1.165, 1.54) is 6.07 Å². The third-order valence-corrected chi connectivity index (χ3v) is 5.20. The number of aromatic nitrogens is 2. The van der Waals surface area contributed by atoms with Crippen molar-refractivity contribution in [2.24, 2.45) is 4.99 Å². The molecule has 2 N–H and O–H groups in total. The van der Waals surface area contributed by atoms with Crippen LogP contribution < -0.4 is 10.6 Å². The molecule has 0 bridgehead atoms. The van der Waals surface area contributed by atoms with E-state index in [1.54, 1.807) is 19.2 Å². The summed E-state index contributed by atoms with van der Waals surface area (Å²) in [6.45, 7) is 1.50. The average molecular weight is 493 g/mol. The smallest absolute Gasteiger partial charge is 0.191 e. The molecular weight excluding hydrogens is 468 g/mol. The van der Waals surface area contributed by atoms with Crippen molar-refractivity contribution in [3.8, 4) is 0 Å². The Morgan fingerprint density at radius 3 is 2.79 bits per heavy atom. The molecule has 5 nitrogen and oxygen atoms in total. The van der Waals surface area contributed by atoms with Crippen LogP contribution in [0.5, 0.6) is 0 Å². The lowest BCUT2D eigenvalue weighted by Gasteiger charge is -2.19. The maximum absolute atomic E-state index is 13.5. The lowest BCUT2D eigenvalue weighted by atomic mass is 9.96. The van der Waals surface area contributed by atoms with Gasteiger partial charge in [-0.15, -0.1) is 24.0 Å². The Hall–Kier alpha value is -2.16. The molecule has 1 aromatic carbocycles. The highest BCUT2D eigenvalue weighted by Gasteiger charge is 2.44. The van der Waals surface area contributed by atoms with Gasteiger partial charge in [-0.1, -0.05) is 18.2 Å². The molecule has 0 saturated heterocycles. The SMILES string of the molecule is CN=C(NCCc1cn2ccccc2n1)NCC1(c2cccc(F)c2)CC1.I. The third kappa shape index (κ3) is 4.63. The fourth-order valence-corrected chi connectivity index (χ4v) is 3.43. The number of nitrogens with zero attached hydrogens (tertiary/aromatic N) is 3. The summed E-state index contributed by atoms with van der Waals surface area (Å²) in [5, 5.41) is 6.73. The maximum Gasteiger partial charge on any atom is 0.191 e. The number of benzene rings is 1. The van der Waals surface area contributed by atoms with Crippen molar-refractivity contribution < 1.29 is 4.39 Å². The number of guanidine groups is 1. The zero-order valence-corrected chi connectivity index (χ0v) is 18.2. The van der Waals surface area contributed by atoms with Crippen LogP contribution in [0.25, 0.3) is 5.65 Å². The quantitative estimate of drug-likeness (QED) is 0.314. The minimum absolute atomic E-state index is 0. The van der Waals surface area contributed by atoms with Gasteiger partial charge >= 0.3 is 0 Å². The Morgan fingerprint density at radius 2 is 2.07 bits per heavy atom. The summed E-state index contributed by atoms with van der Waals surface area (Å²) in [4.78, 5) is 8.90. The molecule has 1 aliphatic carbocycles. The monoisotopic (exact) mass is 493 g/mol. The first kappa shape index (κ1) is 20.6. The van der Waals surface area contributed by atoms with Crippen LogP contribution in [0.15, 0.2) is 59.9 Å². The number of pyridine rings is 1. The zero-order valence-electron chi connectivity index (χ0n) is 15.9. The number of imidazole rings is 1. The van der Waals surface area contributed by atoms with Gasteiger partial charge in [0, 0.05) is 44.4 Å². The van der Waals surface area contributed by atoms with E-state index in [-0.39, 0.29) is 35.2 Å². The zero-order chi connectivity index (χ0) is 18.7. The second-order valence-electron chi connectivity index (χ2n) is 7.09. The summed E-state index contributed by atoms with van der Waals surface area (Å²) in [7, 11) is 1.77. The average Bonchev–Trinajstić information content (AvgIpc) is 3.36. The van der Waals surface area contributed by atoms with Crippen LogP contribution in [-0.4, -0.2) is 35.5 Å². The fourth-order valence-electron chi connectivity index (χ4n) is 3.43. The van der Waals surface area contributed by atoms with E-state index in [4.69, 9.17) is 0 Å². The van der Waals surface area contributed by atoms with Crippen LogP contribution in [-0.2, 0) is 11.8 Å². The van der Waals surface area contributed by atoms with Gasteiger partial charge in [0.15, 0.2) is 5.96 Å². The summed E-state index contributed by atoms with van der Waals surface area (Å²) in [6.07, 6.45) is 7.01. The molecular formula is C21H25FIN5. The van der Waals surface area contributed by atoms with Crippen LogP contribution in [0.3, 0.4) is 0 Å². The van der Waals surface area contributed by atoms with Crippen molar-refractivity contribution >= 4 is 35.6 Å². The van der Waals surface area contributed by atoms with E-state index in [0.717, 1.165) is 55.2 Å². The summed E-state index contributed by atoms with van der Waals surface area (Å²) < 4.78 is 15.6. The molecule has 0 unspecified atom stereocenters. The Labute approximate surface area is 181 Å². The van der Waals surface area contributed by atoms with Gasteiger partial charge in [0.25, 0.3) is 0 Å². The van der Waals surface area contributed by atoms with Gasteiger partial charge in [-0.3, -0.25) is 4.99 Å². The highest BCUT2D eigenvalue weighted by atomic mass is 127. The highest BCUT2D eigenvalue weighted by Crippen LogP contribution is 2.47. The van der Waals surface area contributed by atoms with Crippen LogP contribution in [0.1, 0.15) is 24.1 Å². The fraction of sp³-hybridized carbons (Fsp3) is 0.333. The van der Waals surface area contributed by atoms with Gasteiger partial charge in [0.1, 0.15) is 11.5 Å². The minimum Gasteiger partial charge on any atom is -0.356 e. The Balaban J connectivity index is 0.00000225. The molecule has 2 aromatic heterocycles. The number of hydrogen-bond acceptors (Lipinski definition) is 2. The number of halogens is 2. The molecule has 7 heteroatoms. The number of aliphatic imine (C=N–C) groups is 1. The molecule has 1 fully saturated rings. The highest BCUT2D eigenvalue weighted by molar-refractivity contribution is 14.0. The predicted molar refractivity (Wildman–Crippen MR) is 121 cm³/mol. The molecule has 0 aliphatic heterocycles. The summed E-state index contributed by atoms with van der Waals surface area (Å²) in [6, 6.07) is 12.9. The molecule has 28 heavy (non-hydrogen) atoms. The van der Waals surface area contributed by atoms with Gasteiger partial charge < -0.3 is 15.0 Å². The van der Waals surface area contributed by atoms with Crippen LogP contribution in [0, 0.1) is 5.82 Å². The first-order valence-electron chi connectivity index (χ1n) is 9.32. The maximum atomic E-state index is 13.5. The molecule has 0 spiro atoms. The predicted octanol–water partition coefficient (Wildman–Crippen LogP) is 3.53. The van der Waals surface area contributed by atoms with Crippen molar-refractivity contribution in [2.45, 2.75) is 24.7 Å². The first-order chi connectivity index (χ1) is 13.2. The van der Waals surface area contributed by atoms with Crippen molar-refractivity contribution in [1.29, 1.82) is 0 Å². The van der Waals surface area contributed by atoms with Gasteiger partial charge in [-0.2, -0.15) is 0 Å². The van der Waals surface area contributed by atoms with E-state index in [9.17, 15) is 4.39 Å².